The summed E-state index contributed by atoms with van der Waals surface area (Å²) in [5.41, 5.74) is 3.46. The Kier molecular flexibility index (Phi) is 3.80. The monoisotopic (exact) mass is 291 g/mol. The van der Waals surface area contributed by atoms with E-state index in [0.717, 1.165) is 11.3 Å². The Morgan fingerprint density at radius 2 is 1.45 bits per heavy atom. The predicted octanol–water partition coefficient (Wildman–Crippen LogP) is 4.58. The zero-order valence-electron chi connectivity index (χ0n) is 13.3. The third kappa shape index (κ3) is 2.80. The second-order valence-corrected chi connectivity index (χ2v) is 6.61. The Morgan fingerprint density at radius 1 is 0.864 bits per heavy atom. The summed E-state index contributed by atoms with van der Waals surface area (Å²) in [6.07, 6.45) is 1.84. The first-order valence-electron chi connectivity index (χ1n) is 7.58. The van der Waals surface area contributed by atoms with Gasteiger partial charge in [-0.15, -0.1) is 5.10 Å². The largest absolute Gasteiger partial charge is 0.237 e. The summed E-state index contributed by atoms with van der Waals surface area (Å²) in [6.45, 7) is 6.71. The smallest absolute Gasteiger partial charge is 0.0893 e. The molecular formula is C19H21N3. The number of rotatable bonds is 3. The van der Waals surface area contributed by atoms with Gasteiger partial charge in [0.15, 0.2) is 0 Å². The minimum atomic E-state index is 0.0264. The van der Waals surface area contributed by atoms with Crippen molar-refractivity contribution in [3.05, 3.63) is 72.4 Å². The molecule has 112 valence electrons. The maximum Gasteiger partial charge on any atom is 0.0893 e. The summed E-state index contributed by atoms with van der Waals surface area (Å²) in [5, 5.41) is 8.57. The first kappa shape index (κ1) is 14.5. The van der Waals surface area contributed by atoms with Crippen LogP contribution in [0.5, 0.6) is 0 Å². The molecule has 1 unspecified atom stereocenters. The second-order valence-electron chi connectivity index (χ2n) is 6.61. The van der Waals surface area contributed by atoms with Crippen LogP contribution >= 0.6 is 0 Å². The molecule has 0 fully saturated rings. The summed E-state index contributed by atoms with van der Waals surface area (Å²) in [6, 6.07) is 21.0. The average Bonchev–Trinajstić information content (AvgIpc) is 2.97. The van der Waals surface area contributed by atoms with Gasteiger partial charge in [-0.1, -0.05) is 86.6 Å². The summed E-state index contributed by atoms with van der Waals surface area (Å²) < 4.78 is 2.05. The van der Waals surface area contributed by atoms with Gasteiger partial charge in [-0.25, -0.2) is 4.68 Å². The predicted molar refractivity (Wildman–Crippen MR) is 89.5 cm³/mol. The van der Waals surface area contributed by atoms with Gasteiger partial charge in [0.1, 0.15) is 0 Å². The van der Waals surface area contributed by atoms with Crippen molar-refractivity contribution in [2.75, 3.05) is 0 Å². The fraction of sp³-hybridized carbons (Fsp3) is 0.263. The summed E-state index contributed by atoms with van der Waals surface area (Å²) in [7, 11) is 0. The highest BCUT2D eigenvalue weighted by Crippen LogP contribution is 2.38. The molecule has 0 saturated heterocycles. The van der Waals surface area contributed by atoms with Crippen molar-refractivity contribution >= 4 is 0 Å². The fourth-order valence-electron chi connectivity index (χ4n) is 2.89. The number of nitrogens with zero attached hydrogens (tertiary/aromatic N) is 3. The van der Waals surface area contributed by atoms with Gasteiger partial charge in [-0.05, 0) is 11.0 Å². The highest BCUT2D eigenvalue weighted by molar-refractivity contribution is 5.58. The van der Waals surface area contributed by atoms with Crippen LogP contribution in [-0.2, 0) is 0 Å². The molecule has 0 aliphatic rings. The van der Waals surface area contributed by atoms with E-state index in [1.165, 1.54) is 5.56 Å². The lowest BCUT2D eigenvalue weighted by molar-refractivity contribution is 0.264. The molecule has 0 aliphatic carbocycles. The molecule has 2 aromatic carbocycles. The molecule has 0 amide bonds. The van der Waals surface area contributed by atoms with E-state index in [9.17, 15) is 0 Å². The minimum absolute atomic E-state index is 0.0264. The van der Waals surface area contributed by atoms with Gasteiger partial charge in [-0.3, -0.25) is 0 Å². The zero-order chi connectivity index (χ0) is 15.6. The minimum Gasteiger partial charge on any atom is -0.237 e. The molecule has 1 heterocycles. The Labute approximate surface area is 131 Å². The Bertz CT molecular complexity index is 724. The van der Waals surface area contributed by atoms with Crippen molar-refractivity contribution in [3.63, 3.8) is 0 Å². The maximum absolute atomic E-state index is 4.40. The van der Waals surface area contributed by atoms with Crippen LogP contribution in [0.1, 0.15) is 32.4 Å². The van der Waals surface area contributed by atoms with Gasteiger partial charge in [0.25, 0.3) is 0 Å². The lowest BCUT2D eigenvalue weighted by Crippen LogP contribution is -2.27. The van der Waals surface area contributed by atoms with E-state index in [1.54, 1.807) is 0 Å². The van der Waals surface area contributed by atoms with Crippen LogP contribution in [0, 0.1) is 5.41 Å². The van der Waals surface area contributed by atoms with E-state index >= 15 is 0 Å². The first-order valence-corrected chi connectivity index (χ1v) is 7.58. The Hall–Kier alpha value is -2.42. The van der Waals surface area contributed by atoms with Gasteiger partial charge in [-0.2, -0.15) is 0 Å². The molecule has 1 aromatic heterocycles. The van der Waals surface area contributed by atoms with E-state index < -0.39 is 0 Å². The molecule has 3 rings (SSSR count). The van der Waals surface area contributed by atoms with Crippen LogP contribution < -0.4 is 0 Å². The van der Waals surface area contributed by atoms with Crippen LogP contribution in [0.4, 0.5) is 0 Å². The molecule has 0 bridgehead atoms. The molecule has 3 aromatic rings. The summed E-state index contributed by atoms with van der Waals surface area (Å²) in [5.74, 6) is 0. The SMILES string of the molecule is CC(C)(C)C(c1ccccc1)n1nncc1-c1ccccc1. The van der Waals surface area contributed by atoms with Gasteiger partial charge >= 0.3 is 0 Å². The van der Waals surface area contributed by atoms with Crippen molar-refractivity contribution in [1.82, 2.24) is 15.0 Å². The van der Waals surface area contributed by atoms with E-state index in [4.69, 9.17) is 0 Å². The molecule has 0 N–H and O–H groups in total. The molecule has 0 radical (unpaired) electrons. The Morgan fingerprint density at radius 3 is 2.05 bits per heavy atom. The van der Waals surface area contributed by atoms with Crippen molar-refractivity contribution in [1.29, 1.82) is 0 Å². The van der Waals surface area contributed by atoms with Gasteiger partial charge < -0.3 is 0 Å². The molecule has 22 heavy (non-hydrogen) atoms. The van der Waals surface area contributed by atoms with Crippen molar-refractivity contribution in [3.8, 4) is 11.3 Å². The van der Waals surface area contributed by atoms with E-state index in [2.05, 4.69) is 67.5 Å². The molecule has 0 aliphatic heterocycles. The molecule has 1 atom stereocenters. The van der Waals surface area contributed by atoms with Gasteiger partial charge in [0.05, 0.1) is 17.9 Å². The quantitative estimate of drug-likeness (QED) is 0.707. The molecule has 3 nitrogen and oxygen atoms in total. The van der Waals surface area contributed by atoms with Crippen LogP contribution in [0.15, 0.2) is 66.9 Å². The van der Waals surface area contributed by atoms with E-state index in [-0.39, 0.29) is 11.5 Å². The topological polar surface area (TPSA) is 30.7 Å². The van der Waals surface area contributed by atoms with Crippen LogP contribution in [0.2, 0.25) is 0 Å². The summed E-state index contributed by atoms with van der Waals surface area (Å²) in [4.78, 5) is 0. The van der Waals surface area contributed by atoms with Crippen LogP contribution in [0.3, 0.4) is 0 Å². The van der Waals surface area contributed by atoms with Crippen LogP contribution in [0.25, 0.3) is 11.3 Å². The first-order chi connectivity index (χ1) is 10.6. The van der Waals surface area contributed by atoms with E-state index in [1.807, 2.05) is 35.1 Å². The fourth-order valence-corrected chi connectivity index (χ4v) is 2.89. The van der Waals surface area contributed by atoms with Gasteiger partial charge in [0.2, 0.25) is 0 Å². The molecule has 3 heteroatoms. The molecule has 0 saturated carbocycles. The highest BCUT2D eigenvalue weighted by Gasteiger charge is 2.30. The zero-order valence-corrected chi connectivity index (χ0v) is 13.3. The van der Waals surface area contributed by atoms with Crippen molar-refractivity contribution in [2.24, 2.45) is 5.41 Å². The number of hydrogen-bond acceptors (Lipinski definition) is 2. The molecular weight excluding hydrogens is 270 g/mol. The number of aromatic nitrogens is 3. The van der Waals surface area contributed by atoms with Crippen molar-refractivity contribution in [2.45, 2.75) is 26.8 Å². The van der Waals surface area contributed by atoms with Crippen LogP contribution in [-0.4, -0.2) is 15.0 Å². The Balaban J connectivity index is 2.14. The lowest BCUT2D eigenvalue weighted by atomic mass is 9.82. The summed E-state index contributed by atoms with van der Waals surface area (Å²) >= 11 is 0. The van der Waals surface area contributed by atoms with Crippen molar-refractivity contribution < 1.29 is 0 Å². The third-order valence-electron chi connectivity index (χ3n) is 3.82. The second kappa shape index (κ2) is 5.76. The maximum atomic E-state index is 4.40. The van der Waals surface area contributed by atoms with E-state index in [0.29, 0.717) is 0 Å². The standard InChI is InChI=1S/C19H21N3/c1-19(2,3)18(16-12-8-5-9-13-16)22-17(14-20-21-22)15-10-6-4-7-11-15/h4-14,18H,1-3H3. The third-order valence-corrected chi connectivity index (χ3v) is 3.82. The highest BCUT2D eigenvalue weighted by atomic mass is 15.4. The molecule has 0 spiro atoms. The average molecular weight is 291 g/mol. The normalized spacial score (nSPS) is 13.0. The lowest BCUT2D eigenvalue weighted by Gasteiger charge is -2.32. The number of hydrogen-bond donors (Lipinski definition) is 0. The number of benzene rings is 2. The van der Waals surface area contributed by atoms with Gasteiger partial charge in [0, 0.05) is 5.56 Å².